The zero-order valence-electron chi connectivity index (χ0n) is 23.4. The molecule has 0 unspecified atom stereocenters. The Morgan fingerprint density at radius 1 is 0.973 bits per heavy atom. The predicted octanol–water partition coefficient (Wildman–Crippen LogP) is 6.79. The highest BCUT2D eigenvalue weighted by Gasteiger charge is 2.19. The third-order valence-electron chi connectivity index (χ3n) is 6.59. The van der Waals surface area contributed by atoms with Crippen LogP contribution in [0.2, 0.25) is 5.02 Å². The molecular weight excluding hydrogens is 482 g/mol. The summed E-state index contributed by atoms with van der Waals surface area (Å²) in [6, 6.07) is 13.8. The van der Waals surface area contributed by atoms with Crippen molar-refractivity contribution in [3.63, 3.8) is 0 Å². The number of fused-ring (bicyclic) bond motifs is 1. The van der Waals surface area contributed by atoms with E-state index < -0.39 is 0 Å². The van der Waals surface area contributed by atoms with E-state index in [1.165, 1.54) is 0 Å². The molecule has 0 saturated carbocycles. The minimum absolute atomic E-state index is 0.111. The van der Waals surface area contributed by atoms with Crippen molar-refractivity contribution in [2.24, 2.45) is 11.8 Å². The number of hydrogen-bond acceptors (Lipinski definition) is 4. The Morgan fingerprint density at radius 3 is 2.22 bits per heavy atom. The van der Waals surface area contributed by atoms with Crippen LogP contribution in [0.25, 0.3) is 11.0 Å². The minimum atomic E-state index is 0.111. The van der Waals surface area contributed by atoms with Gasteiger partial charge < -0.3 is 19.7 Å². The summed E-state index contributed by atoms with van der Waals surface area (Å²) in [7, 11) is 4.18. The maximum atomic E-state index is 13.6. The minimum Gasteiger partial charge on any atom is -0.352 e. The van der Waals surface area contributed by atoms with Crippen LogP contribution in [0.3, 0.4) is 0 Å². The van der Waals surface area contributed by atoms with Crippen molar-refractivity contribution in [2.45, 2.75) is 60.0 Å². The molecule has 0 aliphatic heterocycles. The molecule has 0 saturated heterocycles. The lowest BCUT2D eigenvalue weighted by molar-refractivity contribution is 0.0741. The molecule has 7 heteroatoms. The van der Waals surface area contributed by atoms with Gasteiger partial charge in [-0.1, -0.05) is 51.4 Å². The maximum Gasteiger partial charge on any atom is 0.253 e. The molecule has 0 spiro atoms. The molecule has 3 rings (SSSR count). The van der Waals surface area contributed by atoms with Crippen molar-refractivity contribution >= 4 is 34.5 Å². The topological polar surface area (TPSA) is 53.4 Å². The van der Waals surface area contributed by atoms with E-state index in [9.17, 15) is 4.79 Å². The van der Waals surface area contributed by atoms with Gasteiger partial charge in [-0.2, -0.15) is 0 Å². The number of aromatic nitrogens is 2. The van der Waals surface area contributed by atoms with Gasteiger partial charge in [0.05, 0.1) is 11.0 Å². The predicted molar refractivity (Wildman–Crippen MR) is 156 cm³/mol. The third-order valence-corrected chi connectivity index (χ3v) is 6.84. The number of hydrogen-bond donors (Lipinski definition) is 1. The Bertz CT molecular complexity index is 1120. The molecule has 3 aromatic rings. The number of imidazole rings is 1. The van der Waals surface area contributed by atoms with Crippen LogP contribution in [-0.2, 0) is 13.1 Å². The molecule has 1 N–H and O–H groups in total. The molecule has 1 aromatic heterocycles. The lowest BCUT2D eigenvalue weighted by Crippen LogP contribution is -2.34. The highest BCUT2D eigenvalue weighted by Crippen LogP contribution is 2.24. The van der Waals surface area contributed by atoms with Crippen LogP contribution in [0.4, 0.5) is 5.95 Å². The molecular formula is C30H44ClN5O. The van der Waals surface area contributed by atoms with Gasteiger partial charge in [0.25, 0.3) is 5.91 Å². The number of nitrogens with zero attached hydrogens (tertiary/aromatic N) is 4. The number of aryl methyl sites for hydroxylation is 1. The number of halogens is 1. The maximum absolute atomic E-state index is 13.6. The van der Waals surface area contributed by atoms with Gasteiger partial charge in [0.1, 0.15) is 0 Å². The second-order valence-corrected chi connectivity index (χ2v) is 11.5. The number of amides is 1. The molecule has 1 amide bonds. The van der Waals surface area contributed by atoms with Gasteiger partial charge in [-0.05, 0) is 87.6 Å². The van der Waals surface area contributed by atoms with Crippen LogP contribution in [-0.4, -0.2) is 59.0 Å². The number of nitrogens with one attached hydrogen (secondary N) is 1. The largest absolute Gasteiger partial charge is 0.352 e. The van der Waals surface area contributed by atoms with Crippen molar-refractivity contribution in [3.05, 3.63) is 58.6 Å². The fraction of sp³-hybridized carbons (Fsp3) is 0.533. The molecule has 2 aromatic carbocycles. The Labute approximate surface area is 228 Å². The van der Waals surface area contributed by atoms with E-state index in [0.717, 1.165) is 78.6 Å². The highest BCUT2D eigenvalue weighted by atomic mass is 35.5. The van der Waals surface area contributed by atoms with Gasteiger partial charge in [0, 0.05) is 36.8 Å². The van der Waals surface area contributed by atoms with E-state index in [4.69, 9.17) is 16.6 Å². The summed E-state index contributed by atoms with van der Waals surface area (Å²) in [4.78, 5) is 22.8. The van der Waals surface area contributed by atoms with Crippen molar-refractivity contribution in [2.75, 3.05) is 39.0 Å². The number of benzene rings is 2. The number of carbonyl (C=O) groups is 1. The van der Waals surface area contributed by atoms with Crippen molar-refractivity contribution in [1.82, 2.24) is 19.4 Å². The van der Waals surface area contributed by atoms with Crippen molar-refractivity contribution < 1.29 is 4.79 Å². The summed E-state index contributed by atoms with van der Waals surface area (Å²) in [6.07, 6.45) is 3.00. The first-order valence-electron chi connectivity index (χ1n) is 13.6. The molecule has 1 heterocycles. The quantitative estimate of drug-likeness (QED) is 0.252. The fourth-order valence-electron chi connectivity index (χ4n) is 4.27. The molecule has 0 aliphatic carbocycles. The molecule has 0 aliphatic rings. The van der Waals surface area contributed by atoms with Crippen molar-refractivity contribution in [3.8, 4) is 0 Å². The van der Waals surface area contributed by atoms with Crippen LogP contribution in [0, 0.1) is 11.8 Å². The molecule has 6 nitrogen and oxygen atoms in total. The van der Waals surface area contributed by atoms with Crippen molar-refractivity contribution in [1.29, 1.82) is 0 Å². The number of anilines is 1. The van der Waals surface area contributed by atoms with E-state index in [1.54, 1.807) is 0 Å². The van der Waals surface area contributed by atoms with Gasteiger partial charge >= 0.3 is 0 Å². The fourth-order valence-corrected chi connectivity index (χ4v) is 4.40. The summed E-state index contributed by atoms with van der Waals surface area (Å²) in [6.45, 7) is 12.9. The second-order valence-electron chi connectivity index (χ2n) is 11.1. The molecule has 0 radical (unpaired) electrons. The van der Waals surface area contributed by atoms with Gasteiger partial charge in [0.15, 0.2) is 0 Å². The SMILES string of the molecule is CC(C)CCN(CCC(C)C)C(=O)c1ccc2nc(NCc3ccc(Cl)cc3)n(CCCN(C)C)c2c1. The van der Waals surface area contributed by atoms with E-state index in [-0.39, 0.29) is 5.91 Å². The number of rotatable bonds is 14. The molecule has 202 valence electrons. The monoisotopic (exact) mass is 525 g/mol. The zero-order valence-corrected chi connectivity index (χ0v) is 24.2. The van der Waals surface area contributed by atoms with Crippen LogP contribution < -0.4 is 5.32 Å². The van der Waals surface area contributed by atoms with E-state index in [0.29, 0.717) is 18.4 Å². The van der Waals surface area contributed by atoms with Crippen LogP contribution >= 0.6 is 11.6 Å². The Balaban J connectivity index is 1.89. The van der Waals surface area contributed by atoms with Gasteiger partial charge in [-0.15, -0.1) is 0 Å². The molecule has 0 fully saturated rings. The normalized spacial score (nSPS) is 11.7. The Hall–Kier alpha value is -2.57. The first-order chi connectivity index (χ1) is 17.6. The summed E-state index contributed by atoms with van der Waals surface area (Å²) >= 11 is 6.05. The first kappa shape index (κ1) is 29.0. The van der Waals surface area contributed by atoms with Gasteiger partial charge in [-0.25, -0.2) is 4.98 Å². The lowest BCUT2D eigenvalue weighted by Gasteiger charge is -2.24. The average molecular weight is 526 g/mol. The van der Waals surface area contributed by atoms with Crippen LogP contribution in [0.5, 0.6) is 0 Å². The van der Waals surface area contributed by atoms with E-state index in [2.05, 4.69) is 56.6 Å². The van der Waals surface area contributed by atoms with Crippen LogP contribution in [0.15, 0.2) is 42.5 Å². The van der Waals surface area contributed by atoms with Crippen LogP contribution in [0.1, 0.15) is 62.9 Å². The summed E-state index contributed by atoms with van der Waals surface area (Å²) in [5, 5.41) is 4.24. The summed E-state index contributed by atoms with van der Waals surface area (Å²) < 4.78 is 2.22. The lowest BCUT2D eigenvalue weighted by atomic mass is 10.1. The first-order valence-corrected chi connectivity index (χ1v) is 13.9. The number of carbonyl (C=O) groups excluding carboxylic acids is 1. The second kappa shape index (κ2) is 13.8. The molecule has 0 atom stereocenters. The molecule has 37 heavy (non-hydrogen) atoms. The zero-order chi connectivity index (χ0) is 26.9. The van der Waals surface area contributed by atoms with Gasteiger partial charge in [-0.3, -0.25) is 4.79 Å². The molecule has 0 bridgehead atoms. The summed E-state index contributed by atoms with van der Waals surface area (Å²) in [5.74, 6) is 2.05. The smallest absolute Gasteiger partial charge is 0.253 e. The van der Waals surface area contributed by atoms with E-state index in [1.807, 2.05) is 47.4 Å². The Morgan fingerprint density at radius 2 is 1.62 bits per heavy atom. The third kappa shape index (κ3) is 8.75. The average Bonchev–Trinajstić information content (AvgIpc) is 3.19. The highest BCUT2D eigenvalue weighted by molar-refractivity contribution is 6.30. The summed E-state index contributed by atoms with van der Waals surface area (Å²) in [5.41, 5.74) is 3.77. The standard InChI is InChI=1S/C30H44ClN5O/c1-22(2)14-18-35(19-15-23(3)4)29(37)25-10-13-27-28(20-25)36(17-7-16-34(5)6)30(33-27)32-21-24-8-11-26(31)12-9-24/h8-13,20,22-23H,7,14-19,21H2,1-6H3,(H,32,33). The van der Waals surface area contributed by atoms with Gasteiger partial charge in [0.2, 0.25) is 5.95 Å². The Kier molecular flexibility index (Phi) is 10.8. The van der Waals surface area contributed by atoms with E-state index >= 15 is 0 Å².